The Labute approximate surface area is 354 Å². The molecule has 2 aliphatic heterocycles. The van der Waals surface area contributed by atoms with Crippen LogP contribution in [0.25, 0.3) is 10.8 Å². The number of pyridine rings is 1. The molecule has 1 saturated heterocycles. The predicted molar refractivity (Wildman–Crippen MR) is 220 cm³/mol. The van der Waals surface area contributed by atoms with Gasteiger partial charge in [0.2, 0.25) is 33.6 Å². The highest BCUT2D eigenvalue weighted by molar-refractivity contribution is 7.91. The van der Waals surface area contributed by atoms with E-state index in [4.69, 9.17) is 21.1 Å². The molecule has 14 nitrogen and oxygen atoms in total. The second-order valence-electron chi connectivity index (χ2n) is 18.3. The molecule has 6 rings (SSSR count). The van der Waals surface area contributed by atoms with Gasteiger partial charge in [0.05, 0.1) is 17.4 Å². The fourth-order valence-electron chi connectivity index (χ4n) is 8.40. The minimum Gasteiger partial charge on any atom is -0.475 e. The lowest BCUT2D eigenvalue weighted by Crippen LogP contribution is -2.66. The van der Waals surface area contributed by atoms with Crippen molar-refractivity contribution in [1.82, 2.24) is 24.8 Å². The van der Waals surface area contributed by atoms with E-state index in [1.54, 1.807) is 37.3 Å². The van der Waals surface area contributed by atoms with Crippen LogP contribution < -0.4 is 19.5 Å². The van der Waals surface area contributed by atoms with Crippen LogP contribution in [0.3, 0.4) is 0 Å². The maximum atomic E-state index is 15.4. The van der Waals surface area contributed by atoms with Gasteiger partial charge in [0.25, 0.3) is 11.8 Å². The number of ether oxygens (including phenoxy) is 2. The summed E-state index contributed by atoms with van der Waals surface area (Å²) in [5.74, 6) is -7.47. The van der Waals surface area contributed by atoms with Crippen molar-refractivity contribution in [2.24, 2.45) is 17.8 Å². The van der Waals surface area contributed by atoms with Crippen LogP contribution in [0.2, 0.25) is 5.02 Å². The summed E-state index contributed by atoms with van der Waals surface area (Å²) in [6, 6.07) is 3.67. The number of sulfonamides is 1. The van der Waals surface area contributed by atoms with Gasteiger partial charge in [0.15, 0.2) is 0 Å². The first-order valence-corrected chi connectivity index (χ1v) is 22.4. The molecular weight excluding hydrogens is 824 g/mol. The highest BCUT2D eigenvalue weighted by atomic mass is 35.5. The topological polar surface area (TPSA) is 185 Å². The first-order chi connectivity index (χ1) is 27.8. The van der Waals surface area contributed by atoms with E-state index in [-0.39, 0.29) is 49.6 Å². The number of carboxylic acid groups (broad SMARTS) is 1. The Morgan fingerprint density at radius 3 is 2.43 bits per heavy atom. The smallest absolute Gasteiger partial charge is 0.408 e. The van der Waals surface area contributed by atoms with Crippen molar-refractivity contribution < 1.29 is 51.0 Å². The average Bonchev–Trinajstić information content (AvgIpc) is 4.01. The van der Waals surface area contributed by atoms with Gasteiger partial charge >= 0.3 is 6.09 Å². The molecule has 2 aromatic rings. The van der Waals surface area contributed by atoms with Gasteiger partial charge in [-0.1, -0.05) is 43.7 Å². The van der Waals surface area contributed by atoms with Crippen molar-refractivity contribution in [2.75, 3.05) is 6.54 Å². The van der Waals surface area contributed by atoms with Crippen LogP contribution in [0.5, 0.6) is 11.8 Å². The summed E-state index contributed by atoms with van der Waals surface area (Å²) >= 11 is 6.58. The zero-order valence-corrected chi connectivity index (χ0v) is 36.8. The van der Waals surface area contributed by atoms with Crippen LogP contribution >= 0.6 is 11.6 Å². The first kappa shape index (κ1) is 45.3. The molecule has 1 aromatic heterocycles. The summed E-state index contributed by atoms with van der Waals surface area (Å²) in [5, 5.41) is 14.9. The number of carbonyl (C=O) groups is 4. The number of rotatable bonds is 10. The van der Waals surface area contributed by atoms with E-state index >= 15 is 13.6 Å². The predicted octanol–water partition coefficient (Wildman–Crippen LogP) is 6.69. The molecule has 4 aliphatic rings. The quantitative estimate of drug-likeness (QED) is 0.217. The van der Waals surface area contributed by atoms with Crippen LogP contribution in [0, 0.1) is 17.8 Å². The summed E-state index contributed by atoms with van der Waals surface area (Å²) in [5.41, 5.74) is -4.07. The lowest BCUT2D eigenvalue weighted by molar-refractivity contribution is -0.156. The summed E-state index contributed by atoms with van der Waals surface area (Å²) in [4.78, 5) is 63.3. The number of nitrogens with zero attached hydrogens (tertiary/aromatic N) is 3. The molecule has 1 aromatic carbocycles. The molecule has 7 atom stereocenters. The van der Waals surface area contributed by atoms with Crippen LogP contribution in [-0.2, 0) is 24.4 Å². The molecule has 3 fully saturated rings. The Balaban J connectivity index is 1.45. The van der Waals surface area contributed by atoms with Crippen LogP contribution in [0.4, 0.5) is 13.6 Å². The monoisotopic (exact) mass is 879 g/mol. The Bertz CT molecular complexity index is 2180. The van der Waals surface area contributed by atoms with Crippen molar-refractivity contribution in [3.63, 3.8) is 0 Å². The minimum atomic E-state index is -4.10. The SMILES string of the molecule is CC(C)Oc1cc2c(Cl)cccc2c(O[C@@H]2C[C@H]3C(=O)N[C@]4(C(=O)NS(=O)(=O)C5(C)CC5)C[C@H]4C=CCC[C@H](C)C[C@@H](C)[C@H](N(C(=O)O)C(C)(C)C(C)(F)F)C(=O)N3C2)n1. The van der Waals surface area contributed by atoms with Crippen molar-refractivity contribution in [2.45, 2.75) is 146 Å². The van der Waals surface area contributed by atoms with E-state index in [1.165, 1.54) is 6.92 Å². The largest absolute Gasteiger partial charge is 0.475 e. The van der Waals surface area contributed by atoms with Gasteiger partial charge in [0, 0.05) is 41.1 Å². The van der Waals surface area contributed by atoms with E-state index in [0.717, 1.165) is 18.7 Å². The molecule has 0 spiro atoms. The molecule has 2 saturated carbocycles. The van der Waals surface area contributed by atoms with E-state index in [0.29, 0.717) is 53.3 Å². The Hall–Kier alpha value is -4.25. The van der Waals surface area contributed by atoms with Gasteiger partial charge < -0.3 is 24.8 Å². The zero-order valence-electron chi connectivity index (χ0n) is 35.3. The van der Waals surface area contributed by atoms with Gasteiger partial charge in [-0.25, -0.2) is 22.0 Å². The molecule has 0 unspecified atom stereocenters. The number of aromatic nitrogens is 1. The molecule has 3 N–H and O–H groups in total. The Kier molecular flexibility index (Phi) is 12.2. The minimum absolute atomic E-state index is 0.0749. The number of nitrogens with one attached hydrogen (secondary N) is 2. The first-order valence-electron chi connectivity index (χ1n) is 20.5. The van der Waals surface area contributed by atoms with E-state index in [2.05, 4.69) is 15.0 Å². The molecule has 2 aliphatic carbocycles. The van der Waals surface area contributed by atoms with Crippen LogP contribution in [0.1, 0.15) is 100 Å². The van der Waals surface area contributed by atoms with Gasteiger partial charge in [-0.05, 0) is 97.1 Å². The summed E-state index contributed by atoms with van der Waals surface area (Å²) in [7, 11) is -4.10. The zero-order chi connectivity index (χ0) is 44.3. The second-order valence-corrected chi connectivity index (χ2v) is 20.9. The van der Waals surface area contributed by atoms with Crippen molar-refractivity contribution in [1.29, 1.82) is 0 Å². The molecule has 3 heterocycles. The third kappa shape index (κ3) is 8.75. The van der Waals surface area contributed by atoms with E-state index < -0.39 is 85.6 Å². The highest BCUT2D eigenvalue weighted by Gasteiger charge is 2.63. The normalized spacial score (nSPS) is 28.5. The maximum Gasteiger partial charge on any atom is 0.408 e. The average molecular weight is 880 g/mol. The molecule has 330 valence electrons. The molecule has 0 bridgehead atoms. The summed E-state index contributed by atoms with van der Waals surface area (Å²) in [6.07, 6.45) is 2.61. The summed E-state index contributed by atoms with van der Waals surface area (Å²) in [6.45, 7) is 11.1. The third-order valence-electron chi connectivity index (χ3n) is 12.8. The lowest BCUT2D eigenvalue weighted by Gasteiger charge is -2.47. The van der Waals surface area contributed by atoms with Crippen molar-refractivity contribution in [3.8, 4) is 11.8 Å². The Morgan fingerprint density at radius 2 is 1.82 bits per heavy atom. The number of fused-ring (bicyclic) bond motifs is 3. The van der Waals surface area contributed by atoms with Gasteiger partial charge in [-0.15, -0.1) is 0 Å². The second kappa shape index (κ2) is 16.2. The maximum absolute atomic E-state index is 15.4. The number of alkyl halides is 2. The summed E-state index contributed by atoms with van der Waals surface area (Å²) < 4.78 is 70.8. The molecular formula is C42H56ClF2N5O9S. The molecule has 18 heteroatoms. The van der Waals surface area contributed by atoms with Crippen LogP contribution in [0.15, 0.2) is 36.4 Å². The number of amides is 4. The fourth-order valence-corrected chi connectivity index (χ4v) is 9.94. The van der Waals surface area contributed by atoms with Gasteiger partial charge in [0.1, 0.15) is 29.3 Å². The number of carbonyl (C=O) groups excluding carboxylic acids is 3. The number of hydrogen-bond donors (Lipinski definition) is 3. The Morgan fingerprint density at radius 1 is 1.13 bits per heavy atom. The molecule has 60 heavy (non-hydrogen) atoms. The fraction of sp³-hybridized carbons (Fsp3) is 0.643. The number of hydrogen-bond acceptors (Lipinski definition) is 9. The number of allylic oxidation sites excluding steroid dienone is 1. The number of halogens is 3. The van der Waals surface area contributed by atoms with Crippen molar-refractivity contribution in [3.05, 3.63) is 41.4 Å². The van der Waals surface area contributed by atoms with Crippen LogP contribution in [-0.4, -0.2) is 105 Å². The van der Waals surface area contributed by atoms with Gasteiger partial charge in [-0.2, -0.15) is 4.98 Å². The van der Waals surface area contributed by atoms with Gasteiger partial charge in [-0.3, -0.25) is 24.0 Å². The lowest BCUT2D eigenvalue weighted by atomic mass is 9.84. The van der Waals surface area contributed by atoms with Crippen molar-refractivity contribution >= 4 is 56.2 Å². The highest BCUT2D eigenvalue weighted by Crippen LogP contribution is 2.48. The third-order valence-corrected chi connectivity index (χ3v) is 15.3. The standard InChI is InChI=1S/C42H56ClF2N5O9S/c1-23(2)58-32-20-29-28(14-11-15-30(29)43)35(46-32)59-27-19-31-34(51)47-42(37(53)48-60(56,57)40(7)16-17-40)21-26(42)13-10-9-12-24(3)18-25(4)33(36(52)49(31)22-27)50(38(54)55)39(5,6)41(8,44)45/h10-11,13-15,20,23-27,31,33H,9,12,16-19,21-22H2,1-8H3,(H,47,51)(H,48,53)(H,54,55)/t24-,25+,26+,27+,31-,33-,42+/m0/s1. The van der Waals surface area contributed by atoms with E-state index in [9.17, 15) is 27.9 Å². The molecule has 0 radical (unpaired) electrons. The number of benzene rings is 1. The van der Waals surface area contributed by atoms with E-state index in [1.807, 2.05) is 26.8 Å². The molecule has 4 amide bonds.